The third-order valence-corrected chi connectivity index (χ3v) is 7.25. The molecule has 0 aliphatic carbocycles. The summed E-state index contributed by atoms with van der Waals surface area (Å²) in [5.41, 5.74) is 0.622. The molecule has 1 N–H and O–H groups in total. The van der Waals surface area contributed by atoms with Gasteiger partial charge in [0.25, 0.3) is 0 Å². The van der Waals surface area contributed by atoms with Crippen LogP contribution in [0.5, 0.6) is 0 Å². The first-order valence-corrected chi connectivity index (χ1v) is 12.6. The highest BCUT2D eigenvalue weighted by Crippen LogP contribution is 2.44. The van der Waals surface area contributed by atoms with Gasteiger partial charge in [-0.05, 0) is 55.3 Å². The van der Waals surface area contributed by atoms with Gasteiger partial charge >= 0.3 is 12.1 Å². The first kappa shape index (κ1) is 26.0. The molecule has 5 rings (SSSR count). The minimum absolute atomic E-state index is 0.0363. The monoisotopic (exact) mass is 545 g/mol. The minimum atomic E-state index is -4.59. The number of benzene rings is 3. The summed E-state index contributed by atoms with van der Waals surface area (Å²) in [5.74, 6) is -1.61. The molecule has 10 heteroatoms. The molecule has 0 aromatic heterocycles. The van der Waals surface area contributed by atoms with E-state index in [-0.39, 0.29) is 17.3 Å². The van der Waals surface area contributed by atoms with Gasteiger partial charge in [0.05, 0.1) is 18.0 Å². The Bertz CT molecular complexity index is 1390. The smallest absolute Gasteiger partial charge is 0.416 e. The van der Waals surface area contributed by atoms with Gasteiger partial charge in [-0.2, -0.15) is 13.2 Å². The Morgan fingerprint density at radius 1 is 1.00 bits per heavy atom. The van der Waals surface area contributed by atoms with Gasteiger partial charge in [-0.15, -0.1) is 0 Å². The first-order valence-electron chi connectivity index (χ1n) is 12.2. The van der Waals surface area contributed by atoms with Crippen LogP contribution in [-0.2, 0) is 11.0 Å². The molecule has 0 saturated carbocycles. The maximum atomic E-state index is 15.0. The number of alkyl halides is 3. The van der Waals surface area contributed by atoms with Crippen molar-refractivity contribution in [2.45, 2.75) is 31.5 Å². The Hall–Kier alpha value is -3.59. The highest BCUT2D eigenvalue weighted by molar-refractivity contribution is 6.30. The molecule has 5 nitrogen and oxygen atoms in total. The predicted octanol–water partition coefficient (Wildman–Crippen LogP) is 7.48. The van der Waals surface area contributed by atoms with Crippen molar-refractivity contribution in [1.29, 1.82) is 0 Å². The molecule has 1 unspecified atom stereocenters. The molecule has 1 atom stereocenters. The lowest BCUT2D eigenvalue weighted by atomic mass is 9.89. The van der Waals surface area contributed by atoms with Crippen LogP contribution in [0.15, 0.2) is 71.7 Å². The second-order valence-electron chi connectivity index (χ2n) is 9.42. The molecule has 3 aromatic rings. The number of aliphatic imine (C=N–C) groups is 1. The summed E-state index contributed by atoms with van der Waals surface area (Å²) in [6, 6.07) is 15.6. The van der Waals surface area contributed by atoms with Gasteiger partial charge in [-0.25, -0.2) is 9.38 Å². The minimum Gasteiger partial charge on any atom is -0.481 e. The van der Waals surface area contributed by atoms with Crippen molar-refractivity contribution in [3.63, 3.8) is 0 Å². The summed E-state index contributed by atoms with van der Waals surface area (Å²) in [7, 11) is 0. The van der Waals surface area contributed by atoms with Crippen molar-refractivity contribution in [2.75, 3.05) is 22.9 Å². The van der Waals surface area contributed by atoms with Gasteiger partial charge in [0.15, 0.2) is 0 Å². The number of aliphatic carboxylic acids is 1. The van der Waals surface area contributed by atoms with Crippen molar-refractivity contribution in [3.8, 4) is 0 Å². The molecule has 2 heterocycles. The van der Waals surface area contributed by atoms with Crippen molar-refractivity contribution in [2.24, 2.45) is 10.9 Å². The zero-order valence-electron chi connectivity index (χ0n) is 20.1. The van der Waals surface area contributed by atoms with Crippen molar-refractivity contribution in [3.05, 3.63) is 88.7 Å². The number of nitrogens with zero attached hydrogens (tertiary/aromatic N) is 3. The lowest BCUT2D eigenvalue weighted by Gasteiger charge is -2.43. The molecule has 1 saturated heterocycles. The van der Waals surface area contributed by atoms with E-state index in [2.05, 4.69) is 9.89 Å². The number of hydrogen-bond acceptors (Lipinski definition) is 4. The van der Waals surface area contributed by atoms with Crippen LogP contribution in [0.4, 0.5) is 34.6 Å². The first-order chi connectivity index (χ1) is 18.1. The van der Waals surface area contributed by atoms with E-state index >= 15 is 0 Å². The van der Waals surface area contributed by atoms with E-state index < -0.39 is 36.0 Å². The third-order valence-electron chi connectivity index (χ3n) is 7.01. The van der Waals surface area contributed by atoms with Crippen molar-refractivity contribution in [1.82, 2.24) is 0 Å². The number of fused-ring (bicyclic) bond motifs is 1. The molecule has 38 heavy (non-hydrogen) atoms. The fourth-order valence-corrected chi connectivity index (χ4v) is 5.44. The van der Waals surface area contributed by atoms with Crippen LogP contribution < -0.4 is 9.80 Å². The lowest BCUT2D eigenvalue weighted by molar-refractivity contribution is -0.138. The molecule has 1 fully saturated rings. The average Bonchev–Trinajstić information content (AvgIpc) is 2.88. The lowest BCUT2D eigenvalue weighted by Crippen LogP contribution is -2.46. The average molecular weight is 546 g/mol. The number of carboxylic acid groups (broad SMARTS) is 1. The highest BCUT2D eigenvalue weighted by Gasteiger charge is 2.39. The number of hydrogen-bond donors (Lipinski definition) is 1. The molecule has 0 bridgehead atoms. The number of carbonyl (C=O) groups is 1. The Morgan fingerprint density at radius 2 is 1.68 bits per heavy atom. The maximum absolute atomic E-state index is 15.0. The summed E-state index contributed by atoms with van der Waals surface area (Å²) < 4.78 is 55.8. The molecule has 2 aliphatic heterocycles. The zero-order chi connectivity index (χ0) is 27.0. The maximum Gasteiger partial charge on any atom is 0.416 e. The normalized spacial score (nSPS) is 18.2. The Balaban J connectivity index is 1.57. The summed E-state index contributed by atoms with van der Waals surface area (Å²) in [6.07, 6.45) is -3.85. The number of para-hydroxylation sites is 1. The Kier molecular flexibility index (Phi) is 7.05. The van der Waals surface area contributed by atoms with Gasteiger partial charge in [0.2, 0.25) is 0 Å². The fourth-order valence-electron chi connectivity index (χ4n) is 5.25. The number of rotatable bonds is 5. The van der Waals surface area contributed by atoms with Crippen molar-refractivity contribution < 1.29 is 27.5 Å². The summed E-state index contributed by atoms with van der Waals surface area (Å²) in [5, 5.41) is 10.3. The van der Waals surface area contributed by atoms with Gasteiger partial charge in [0, 0.05) is 41.0 Å². The Morgan fingerprint density at radius 3 is 2.37 bits per heavy atom. The molecule has 2 aliphatic rings. The van der Waals surface area contributed by atoms with Crippen LogP contribution in [0.2, 0.25) is 5.02 Å². The molecule has 0 amide bonds. The van der Waals surface area contributed by atoms with Crippen molar-refractivity contribution >= 4 is 40.5 Å². The number of anilines is 2. The van der Waals surface area contributed by atoms with Crippen LogP contribution in [-0.4, -0.2) is 30.0 Å². The van der Waals surface area contributed by atoms with E-state index in [9.17, 15) is 27.5 Å². The Labute approximate surface area is 222 Å². The quantitative estimate of drug-likeness (QED) is 0.338. The molecular formula is C28H24ClF4N3O2. The zero-order valence-corrected chi connectivity index (χ0v) is 20.9. The number of carboxylic acids is 1. The molecule has 0 spiro atoms. The van der Waals surface area contributed by atoms with Gasteiger partial charge in [0.1, 0.15) is 17.3 Å². The molecule has 0 radical (unpaired) electrons. The predicted molar refractivity (Wildman–Crippen MR) is 139 cm³/mol. The molecule has 198 valence electrons. The SMILES string of the molecule is O=C(O)CC1c2cccc(F)c2N=C(C2CCN(c3cccc(Cl)c3)CC2)N1c1cccc(C(F)(F)F)c1. The molecular weight excluding hydrogens is 522 g/mol. The topological polar surface area (TPSA) is 56.1 Å². The van der Waals surface area contributed by atoms with E-state index in [1.807, 2.05) is 18.2 Å². The van der Waals surface area contributed by atoms with Crippen LogP contribution in [0.25, 0.3) is 0 Å². The summed E-state index contributed by atoms with van der Waals surface area (Å²) in [4.78, 5) is 20.3. The number of amidine groups is 1. The second-order valence-corrected chi connectivity index (χ2v) is 9.86. The van der Waals surface area contributed by atoms with Gasteiger partial charge in [-0.3, -0.25) is 4.79 Å². The van der Waals surface area contributed by atoms with E-state index in [1.165, 1.54) is 24.3 Å². The van der Waals surface area contributed by atoms with Crippen LogP contribution in [0.3, 0.4) is 0 Å². The summed E-state index contributed by atoms with van der Waals surface area (Å²) >= 11 is 6.15. The van der Waals surface area contributed by atoms with Gasteiger partial charge < -0.3 is 14.9 Å². The second kappa shape index (κ2) is 10.3. The standard InChI is InChI=1S/C28H24ClF4N3O2/c29-19-5-2-6-20(15-19)35-12-10-17(11-13-35)27-34-26-22(8-3-9-23(26)30)24(16-25(37)38)36(27)21-7-1-4-18(14-21)28(31,32)33/h1-9,14-15,17,24H,10-13,16H2,(H,37,38). The largest absolute Gasteiger partial charge is 0.481 e. The third kappa shape index (κ3) is 5.20. The van der Waals surface area contributed by atoms with E-state index in [1.54, 1.807) is 17.0 Å². The van der Waals surface area contributed by atoms with Crippen LogP contribution >= 0.6 is 11.6 Å². The summed E-state index contributed by atoms with van der Waals surface area (Å²) in [6.45, 7) is 1.24. The number of halogens is 5. The highest BCUT2D eigenvalue weighted by atomic mass is 35.5. The van der Waals surface area contributed by atoms with Gasteiger partial charge in [-0.1, -0.05) is 35.9 Å². The van der Waals surface area contributed by atoms with Crippen LogP contribution in [0, 0.1) is 11.7 Å². The van der Waals surface area contributed by atoms with Crippen LogP contribution in [0.1, 0.15) is 36.4 Å². The van der Waals surface area contributed by atoms with E-state index in [0.29, 0.717) is 42.4 Å². The van der Waals surface area contributed by atoms with E-state index in [4.69, 9.17) is 11.6 Å². The van der Waals surface area contributed by atoms with E-state index in [0.717, 1.165) is 17.8 Å². The molecule has 3 aromatic carbocycles. The number of piperidine rings is 1. The fraction of sp³-hybridized carbons (Fsp3) is 0.286.